The number of carbonyl (C=O) groups excluding carboxylic acids is 1. The fourth-order valence-corrected chi connectivity index (χ4v) is 4.55. The van der Waals surface area contributed by atoms with E-state index in [1.54, 1.807) is 0 Å². The molecule has 1 atom stereocenters. The molecule has 0 aliphatic carbocycles. The van der Waals surface area contributed by atoms with Gasteiger partial charge in [0, 0.05) is 6.54 Å². The Morgan fingerprint density at radius 1 is 1.04 bits per heavy atom. The zero-order chi connectivity index (χ0) is 19.7. The Morgan fingerprint density at radius 2 is 1.63 bits per heavy atom. The van der Waals surface area contributed by atoms with Gasteiger partial charge >= 0.3 is 5.97 Å². The highest BCUT2D eigenvalue weighted by Crippen LogP contribution is 2.16. The first kappa shape index (κ1) is 21.1. The molecule has 0 saturated heterocycles. The molecule has 27 heavy (non-hydrogen) atoms. The minimum absolute atomic E-state index is 0.182. The van der Waals surface area contributed by atoms with Gasteiger partial charge in [-0.15, -0.1) is 0 Å². The minimum Gasteiger partial charge on any atom is -0.465 e. The van der Waals surface area contributed by atoms with Gasteiger partial charge in [0.15, 0.2) is 0 Å². The van der Waals surface area contributed by atoms with E-state index in [1.807, 2.05) is 67.6 Å². The van der Waals surface area contributed by atoms with E-state index in [9.17, 15) is 4.79 Å². The van der Waals surface area contributed by atoms with Gasteiger partial charge in [-0.1, -0.05) is 92.5 Å². The second-order valence-electron chi connectivity index (χ2n) is 7.92. The average Bonchev–Trinajstić information content (AvgIpc) is 2.62. The number of hydrogen-bond acceptors (Lipinski definition) is 3. The smallest absolute Gasteiger partial charge is 0.327 e. The average molecular weight is 382 g/mol. The van der Waals surface area contributed by atoms with Crippen LogP contribution in [0.15, 0.2) is 66.7 Å². The van der Waals surface area contributed by atoms with Crippen molar-refractivity contribution in [2.24, 2.45) is 0 Å². The van der Waals surface area contributed by atoms with Gasteiger partial charge in [-0.2, -0.15) is 0 Å². The van der Waals surface area contributed by atoms with Crippen LogP contribution < -0.4 is 0 Å². The number of ether oxygens (including phenoxy) is 1. The predicted molar refractivity (Wildman–Crippen MR) is 116 cm³/mol. The van der Waals surface area contributed by atoms with Crippen molar-refractivity contribution in [3.05, 3.63) is 77.9 Å². The van der Waals surface area contributed by atoms with Gasteiger partial charge in [-0.05, 0) is 24.2 Å². The Balaban J connectivity index is 2.32. The van der Waals surface area contributed by atoms with Crippen LogP contribution in [0.1, 0.15) is 18.1 Å². The first-order valence-corrected chi connectivity index (χ1v) is 13.3. The molecule has 144 valence electrons. The molecular weight excluding hydrogens is 350 g/mol. The molecule has 0 fully saturated rings. The van der Waals surface area contributed by atoms with Crippen molar-refractivity contribution in [1.29, 1.82) is 0 Å². The van der Waals surface area contributed by atoms with Gasteiger partial charge < -0.3 is 4.74 Å². The maximum atomic E-state index is 12.8. The Morgan fingerprint density at radius 3 is 2.19 bits per heavy atom. The summed E-state index contributed by atoms with van der Waals surface area (Å²) in [5, 5.41) is 0. The molecule has 0 spiro atoms. The number of hydrogen-bond donors (Lipinski definition) is 0. The highest BCUT2D eigenvalue weighted by molar-refractivity contribution is 6.76. The number of rotatable bonds is 9. The third kappa shape index (κ3) is 7.53. The third-order valence-corrected chi connectivity index (χ3v) is 5.45. The molecule has 0 aliphatic rings. The Kier molecular flexibility index (Phi) is 8.01. The van der Waals surface area contributed by atoms with Gasteiger partial charge in [0.1, 0.15) is 6.04 Å². The van der Waals surface area contributed by atoms with E-state index in [0.717, 1.165) is 18.3 Å². The van der Waals surface area contributed by atoms with Crippen molar-refractivity contribution in [1.82, 2.24) is 4.90 Å². The Hall–Kier alpha value is -2.17. The topological polar surface area (TPSA) is 29.5 Å². The number of benzene rings is 2. The quantitative estimate of drug-likeness (QED) is 0.452. The van der Waals surface area contributed by atoms with Crippen molar-refractivity contribution in [2.45, 2.75) is 39.2 Å². The maximum Gasteiger partial charge on any atom is 0.327 e. The largest absolute Gasteiger partial charge is 0.465 e. The van der Waals surface area contributed by atoms with Gasteiger partial charge in [-0.3, -0.25) is 9.69 Å². The van der Waals surface area contributed by atoms with Crippen molar-refractivity contribution in [3.63, 3.8) is 0 Å². The molecule has 0 aliphatic heterocycles. The van der Waals surface area contributed by atoms with E-state index < -0.39 is 14.1 Å². The first-order valence-electron chi connectivity index (χ1n) is 9.57. The van der Waals surface area contributed by atoms with Gasteiger partial charge in [0.2, 0.25) is 0 Å². The molecule has 0 bridgehead atoms. The second kappa shape index (κ2) is 10.2. The minimum atomic E-state index is -1.43. The standard InChI is InChI=1S/C23H31NO2Si/c1-5-26-23(25)22(17-16-20-12-8-6-9-13-20)24(19-27(2,3)4)18-21-14-10-7-11-15-21/h6-17,22H,5,18-19H2,1-4H3/b17-16+/t22-/m1/s1. The molecule has 0 unspecified atom stereocenters. The van der Waals surface area contributed by atoms with E-state index >= 15 is 0 Å². The zero-order valence-electron chi connectivity index (χ0n) is 16.9. The highest BCUT2D eigenvalue weighted by atomic mass is 28.3. The van der Waals surface area contributed by atoms with E-state index in [4.69, 9.17) is 4.74 Å². The van der Waals surface area contributed by atoms with Crippen LogP contribution in [0.25, 0.3) is 6.08 Å². The lowest BCUT2D eigenvalue weighted by molar-refractivity contribution is -0.147. The van der Waals surface area contributed by atoms with Crippen molar-refractivity contribution >= 4 is 20.1 Å². The Bertz CT molecular complexity index is 723. The lowest BCUT2D eigenvalue weighted by Gasteiger charge is -2.33. The summed E-state index contributed by atoms with van der Waals surface area (Å²) in [5.74, 6) is -0.182. The molecule has 2 aromatic rings. The molecular formula is C23H31NO2Si. The number of carbonyl (C=O) groups is 1. The summed E-state index contributed by atoms with van der Waals surface area (Å²) >= 11 is 0. The highest BCUT2D eigenvalue weighted by Gasteiger charge is 2.29. The molecule has 4 heteroatoms. The molecule has 0 aromatic heterocycles. The predicted octanol–water partition coefficient (Wildman–Crippen LogP) is 5.01. The molecule has 2 aromatic carbocycles. The molecule has 0 amide bonds. The van der Waals surface area contributed by atoms with Crippen molar-refractivity contribution < 1.29 is 9.53 Å². The Labute approximate surface area is 164 Å². The molecule has 2 rings (SSSR count). The van der Waals surface area contributed by atoms with Crippen LogP contribution in [0.3, 0.4) is 0 Å². The fourth-order valence-electron chi connectivity index (χ4n) is 3.02. The van der Waals surface area contributed by atoms with E-state index in [2.05, 4.69) is 36.7 Å². The maximum absolute atomic E-state index is 12.8. The summed E-state index contributed by atoms with van der Waals surface area (Å²) in [6, 6.07) is 20.0. The fraction of sp³-hybridized carbons (Fsp3) is 0.348. The normalized spacial score (nSPS) is 13.1. The third-order valence-electron chi connectivity index (χ3n) is 4.10. The molecule has 3 nitrogen and oxygen atoms in total. The summed E-state index contributed by atoms with van der Waals surface area (Å²) in [6.45, 7) is 9.96. The van der Waals surface area contributed by atoms with Crippen LogP contribution in [0.2, 0.25) is 19.6 Å². The lowest BCUT2D eigenvalue weighted by atomic mass is 10.1. The molecule has 0 radical (unpaired) electrons. The van der Waals surface area contributed by atoms with Gasteiger partial charge in [-0.25, -0.2) is 0 Å². The van der Waals surface area contributed by atoms with Crippen molar-refractivity contribution in [2.75, 3.05) is 12.8 Å². The number of esters is 1. The van der Waals surface area contributed by atoms with Crippen molar-refractivity contribution in [3.8, 4) is 0 Å². The monoisotopic (exact) mass is 381 g/mol. The summed E-state index contributed by atoms with van der Waals surface area (Å²) in [7, 11) is -1.43. The van der Waals surface area contributed by atoms with Gasteiger partial charge in [0.25, 0.3) is 0 Å². The second-order valence-corrected chi connectivity index (χ2v) is 13.4. The first-order chi connectivity index (χ1) is 12.9. The van der Waals surface area contributed by atoms with Crippen LogP contribution in [0.4, 0.5) is 0 Å². The van der Waals surface area contributed by atoms with E-state index in [-0.39, 0.29) is 5.97 Å². The lowest BCUT2D eigenvalue weighted by Crippen LogP contribution is -2.48. The van der Waals surface area contributed by atoms with Crippen LogP contribution in [0, 0.1) is 0 Å². The summed E-state index contributed by atoms with van der Waals surface area (Å²) in [5.41, 5.74) is 2.29. The van der Waals surface area contributed by atoms with Crippen LogP contribution >= 0.6 is 0 Å². The van der Waals surface area contributed by atoms with Crippen LogP contribution in [-0.4, -0.2) is 37.8 Å². The van der Waals surface area contributed by atoms with Crippen LogP contribution in [0.5, 0.6) is 0 Å². The summed E-state index contributed by atoms with van der Waals surface area (Å²) in [6.07, 6.45) is 4.92. The summed E-state index contributed by atoms with van der Waals surface area (Å²) in [4.78, 5) is 15.0. The molecule has 0 saturated carbocycles. The summed E-state index contributed by atoms with van der Waals surface area (Å²) < 4.78 is 5.41. The SMILES string of the molecule is CCOC(=O)[C@@H](/C=C/c1ccccc1)N(Cc1ccccc1)C[Si](C)(C)C. The van der Waals surface area contributed by atoms with Gasteiger partial charge in [0.05, 0.1) is 14.7 Å². The van der Waals surface area contributed by atoms with E-state index in [1.165, 1.54) is 5.56 Å². The number of nitrogens with zero attached hydrogens (tertiary/aromatic N) is 1. The molecule has 0 N–H and O–H groups in total. The van der Waals surface area contributed by atoms with E-state index in [0.29, 0.717) is 6.61 Å². The zero-order valence-corrected chi connectivity index (χ0v) is 17.9. The van der Waals surface area contributed by atoms with Crippen LogP contribution in [-0.2, 0) is 16.1 Å². The molecule has 0 heterocycles.